The van der Waals surface area contributed by atoms with Crippen molar-refractivity contribution in [2.75, 3.05) is 24.3 Å². The first-order chi connectivity index (χ1) is 5.98. The number of thioether (sulfide) groups is 1. The van der Waals surface area contributed by atoms with Crippen molar-refractivity contribution >= 4 is 39.0 Å². The second-order valence-corrected chi connectivity index (χ2v) is 5.78. The van der Waals surface area contributed by atoms with Crippen LogP contribution in [-0.2, 0) is 10.0 Å². The molecule has 0 bridgehead atoms. The minimum Gasteiger partial charge on any atom is -0.392 e. The van der Waals surface area contributed by atoms with Crippen molar-refractivity contribution in [1.82, 2.24) is 4.72 Å². The average Bonchev–Trinajstić information content (AvgIpc) is 1.95. The molecule has 0 aliphatic carbocycles. The first kappa shape index (κ1) is 13.2. The molecule has 0 radical (unpaired) electrons. The van der Waals surface area contributed by atoms with Crippen LogP contribution in [0.2, 0.25) is 0 Å². The Balaban J connectivity index is 3.71. The van der Waals surface area contributed by atoms with Crippen LogP contribution < -0.4 is 10.5 Å². The van der Waals surface area contributed by atoms with Gasteiger partial charge in [0.05, 0.1) is 4.99 Å². The molecule has 0 aliphatic heterocycles. The highest BCUT2D eigenvalue weighted by molar-refractivity contribution is 7.98. The summed E-state index contributed by atoms with van der Waals surface area (Å²) in [5.74, 6) is 0.678. The maximum absolute atomic E-state index is 11.1. The summed E-state index contributed by atoms with van der Waals surface area (Å²) in [5.41, 5.74) is 5.12. The summed E-state index contributed by atoms with van der Waals surface area (Å²) in [6, 6.07) is 0. The molecule has 3 N–H and O–H groups in total. The van der Waals surface area contributed by atoms with E-state index >= 15 is 0 Å². The van der Waals surface area contributed by atoms with Crippen molar-refractivity contribution in [3.05, 3.63) is 0 Å². The van der Waals surface area contributed by atoms with Crippen molar-refractivity contribution < 1.29 is 8.42 Å². The van der Waals surface area contributed by atoms with E-state index < -0.39 is 10.0 Å². The van der Waals surface area contributed by atoms with E-state index in [0.717, 1.165) is 12.2 Å². The third kappa shape index (κ3) is 8.48. The minimum absolute atomic E-state index is 0.00244. The smallest absolute Gasteiger partial charge is 0.218 e. The van der Waals surface area contributed by atoms with E-state index in [1.165, 1.54) is 0 Å². The summed E-state index contributed by atoms with van der Waals surface area (Å²) in [7, 11) is -3.29. The van der Waals surface area contributed by atoms with E-state index in [1.807, 2.05) is 6.26 Å². The van der Waals surface area contributed by atoms with Gasteiger partial charge in [0.25, 0.3) is 0 Å². The van der Waals surface area contributed by atoms with Crippen LogP contribution >= 0.6 is 24.0 Å². The van der Waals surface area contributed by atoms with Gasteiger partial charge in [0.1, 0.15) is 5.75 Å². The Morgan fingerprint density at radius 1 is 1.62 bits per heavy atom. The topological polar surface area (TPSA) is 72.2 Å². The van der Waals surface area contributed by atoms with Crippen molar-refractivity contribution in [3.63, 3.8) is 0 Å². The molecule has 0 saturated heterocycles. The molecule has 4 nitrogen and oxygen atoms in total. The van der Waals surface area contributed by atoms with Gasteiger partial charge < -0.3 is 5.73 Å². The molecule has 0 atom stereocenters. The SMILES string of the molecule is CSCCCNS(=O)(=O)CC(N)=S. The fraction of sp³-hybridized carbons (Fsp3) is 0.833. The summed E-state index contributed by atoms with van der Waals surface area (Å²) >= 11 is 6.18. The van der Waals surface area contributed by atoms with Crippen LogP contribution in [0.5, 0.6) is 0 Å². The van der Waals surface area contributed by atoms with E-state index in [-0.39, 0.29) is 10.7 Å². The van der Waals surface area contributed by atoms with Gasteiger partial charge in [-0.25, -0.2) is 13.1 Å². The zero-order valence-corrected chi connectivity index (χ0v) is 9.90. The van der Waals surface area contributed by atoms with Crippen molar-refractivity contribution in [2.24, 2.45) is 5.73 Å². The zero-order chi connectivity index (χ0) is 10.3. The molecular formula is C6H14N2O2S3. The second kappa shape index (κ2) is 6.58. The molecule has 0 unspecified atom stereocenters. The third-order valence-corrected chi connectivity index (χ3v) is 3.54. The molecule has 0 amide bonds. The lowest BCUT2D eigenvalue weighted by Gasteiger charge is -2.04. The van der Waals surface area contributed by atoms with E-state index in [4.69, 9.17) is 5.73 Å². The predicted octanol–water partition coefficient (Wildman–Crippen LogP) is -0.0550. The van der Waals surface area contributed by atoms with Crippen molar-refractivity contribution in [2.45, 2.75) is 6.42 Å². The molecule has 0 aromatic heterocycles. The lowest BCUT2D eigenvalue weighted by Crippen LogP contribution is -2.33. The summed E-state index contributed by atoms with van der Waals surface area (Å²) in [4.78, 5) is -0.00244. The van der Waals surface area contributed by atoms with Gasteiger partial charge in [-0.1, -0.05) is 12.2 Å². The van der Waals surface area contributed by atoms with Gasteiger partial charge in [-0.15, -0.1) is 0 Å². The molecule has 7 heteroatoms. The summed E-state index contributed by atoms with van der Waals surface area (Å²) < 4.78 is 24.7. The zero-order valence-electron chi connectivity index (χ0n) is 7.45. The van der Waals surface area contributed by atoms with Crippen LogP contribution in [0.4, 0.5) is 0 Å². The number of sulfonamides is 1. The predicted molar refractivity (Wildman–Crippen MR) is 61.6 cm³/mol. The Morgan fingerprint density at radius 3 is 2.69 bits per heavy atom. The van der Waals surface area contributed by atoms with Crippen molar-refractivity contribution in [3.8, 4) is 0 Å². The maximum Gasteiger partial charge on any atom is 0.218 e. The van der Waals surface area contributed by atoms with E-state index in [2.05, 4.69) is 16.9 Å². The molecule has 0 fully saturated rings. The van der Waals surface area contributed by atoms with Crippen molar-refractivity contribution in [1.29, 1.82) is 0 Å². The molecule has 0 aliphatic rings. The standard InChI is InChI=1S/C6H14N2O2S3/c1-12-4-2-3-8-13(9,10)5-6(7)11/h8H,2-5H2,1H3,(H2,7,11). The molecule has 0 rings (SSSR count). The Kier molecular flexibility index (Phi) is 6.66. The lowest BCUT2D eigenvalue weighted by molar-refractivity contribution is 0.585. The largest absolute Gasteiger partial charge is 0.392 e. The molecule has 78 valence electrons. The molecule has 0 spiro atoms. The number of hydrogen-bond acceptors (Lipinski definition) is 4. The van der Waals surface area contributed by atoms with Gasteiger partial charge in [0.15, 0.2) is 0 Å². The number of hydrogen-bond donors (Lipinski definition) is 2. The van der Waals surface area contributed by atoms with E-state index in [0.29, 0.717) is 6.54 Å². The van der Waals surface area contributed by atoms with Gasteiger partial charge in [0.2, 0.25) is 10.0 Å². The highest BCUT2D eigenvalue weighted by Gasteiger charge is 2.09. The molecule has 0 aromatic rings. The molecule has 0 saturated carbocycles. The van der Waals surface area contributed by atoms with Crippen LogP contribution in [0.15, 0.2) is 0 Å². The molecule has 0 heterocycles. The van der Waals surface area contributed by atoms with Crippen LogP contribution in [-0.4, -0.2) is 37.7 Å². The van der Waals surface area contributed by atoms with Gasteiger partial charge >= 0.3 is 0 Å². The maximum atomic E-state index is 11.1. The molecule has 0 aromatic carbocycles. The molecular weight excluding hydrogens is 228 g/mol. The monoisotopic (exact) mass is 242 g/mol. The highest BCUT2D eigenvalue weighted by atomic mass is 32.2. The Bertz CT molecular complexity index is 251. The quantitative estimate of drug-likeness (QED) is 0.483. The summed E-state index contributed by atoms with van der Waals surface area (Å²) in [6.45, 7) is 0.450. The number of nitrogens with one attached hydrogen (secondary N) is 1. The summed E-state index contributed by atoms with van der Waals surface area (Å²) in [6.07, 6.45) is 2.79. The van der Waals surface area contributed by atoms with Crippen LogP contribution in [0, 0.1) is 0 Å². The second-order valence-electron chi connectivity index (χ2n) is 2.47. The van der Waals surface area contributed by atoms with Gasteiger partial charge in [-0.05, 0) is 18.4 Å². The lowest BCUT2D eigenvalue weighted by atomic mass is 10.5. The van der Waals surface area contributed by atoms with E-state index in [1.54, 1.807) is 11.8 Å². The van der Waals surface area contributed by atoms with Crippen LogP contribution in [0.1, 0.15) is 6.42 Å². The fourth-order valence-corrected chi connectivity index (χ4v) is 2.51. The minimum atomic E-state index is -3.29. The van der Waals surface area contributed by atoms with E-state index in [9.17, 15) is 8.42 Å². The van der Waals surface area contributed by atoms with Gasteiger partial charge in [0, 0.05) is 6.54 Å². The van der Waals surface area contributed by atoms with Gasteiger partial charge in [-0.3, -0.25) is 0 Å². The van der Waals surface area contributed by atoms with Gasteiger partial charge in [-0.2, -0.15) is 11.8 Å². The summed E-state index contributed by atoms with van der Waals surface area (Å²) in [5, 5.41) is 0. The number of rotatable bonds is 7. The van der Waals surface area contributed by atoms with Crippen LogP contribution in [0.25, 0.3) is 0 Å². The first-order valence-corrected chi connectivity index (χ1v) is 7.18. The number of nitrogens with two attached hydrogens (primary N) is 1. The Labute approximate surface area is 88.7 Å². The third-order valence-electron chi connectivity index (χ3n) is 1.18. The molecule has 13 heavy (non-hydrogen) atoms. The van der Waals surface area contributed by atoms with Crippen LogP contribution in [0.3, 0.4) is 0 Å². The Morgan fingerprint density at radius 2 is 2.23 bits per heavy atom. The average molecular weight is 242 g/mol. The normalized spacial score (nSPS) is 11.5. The number of thiocarbonyl (C=S) groups is 1. The highest BCUT2D eigenvalue weighted by Crippen LogP contribution is 1.94. The first-order valence-electron chi connectivity index (χ1n) is 3.72. The Hall–Kier alpha value is 0.150. The fourth-order valence-electron chi connectivity index (χ4n) is 0.682.